The molecule has 1 amide bonds. The predicted octanol–water partition coefficient (Wildman–Crippen LogP) is 4.40. The Kier molecular flexibility index (Phi) is 8.23. The van der Waals surface area contributed by atoms with Crippen LogP contribution in [0, 0.1) is 0 Å². The van der Waals surface area contributed by atoms with Crippen molar-refractivity contribution in [1.82, 2.24) is 4.57 Å². The van der Waals surface area contributed by atoms with Crippen molar-refractivity contribution in [2.45, 2.75) is 31.2 Å². The van der Waals surface area contributed by atoms with E-state index in [4.69, 9.17) is 16.3 Å². The number of benzene rings is 2. The minimum absolute atomic E-state index is 0.0107. The first-order chi connectivity index (χ1) is 15.7. The van der Waals surface area contributed by atoms with Crippen LogP contribution in [0.25, 0.3) is 10.2 Å². The molecule has 0 N–H and O–H groups in total. The van der Waals surface area contributed by atoms with Gasteiger partial charge < -0.3 is 9.30 Å². The zero-order valence-corrected chi connectivity index (χ0v) is 20.4. The van der Waals surface area contributed by atoms with Gasteiger partial charge in [-0.15, -0.1) is 6.58 Å². The van der Waals surface area contributed by atoms with E-state index >= 15 is 0 Å². The molecule has 0 saturated heterocycles. The standard InChI is InChI=1S/C23H23ClN2O5S2/c1-3-13-26-19-12-7-16(22(28)31-4-2)15-20(19)32-23(26)25-21(27)6-5-14-33(29,30)18-10-8-17(24)9-11-18/h3,7-12,15H,1,4-6,13-14H2,2H3. The van der Waals surface area contributed by atoms with E-state index in [0.717, 1.165) is 10.2 Å². The van der Waals surface area contributed by atoms with Gasteiger partial charge in [-0.2, -0.15) is 4.99 Å². The molecule has 0 bridgehead atoms. The van der Waals surface area contributed by atoms with E-state index in [9.17, 15) is 18.0 Å². The van der Waals surface area contributed by atoms with Gasteiger partial charge in [0.2, 0.25) is 5.91 Å². The number of nitrogens with zero attached hydrogens (tertiary/aromatic N) is 2. The molecule has 0 fully saturated rings. The lowest BCUT2D eigenvalue weighted by Crippen LogP contribution is -2.16. The summed E-state index contributed by atoms with van der Waals surface area (Å²) < 4.78 is 32.5. The monoisotopic (exact) mass is 506 g/mol. The number of carbonyl (C=O) groups excluding carboxylic acids is 2. The van der Waals surface area contributed by atoms with E-state index in [0.29, 0.717) is 21.9 Å². The molecule has 7 nitrogen and oxygen atoms in total. The molecule has 1 heterocycles. The van der Waals surface area contributed by atoms with Crippen LogP contribution in [0.4, 0.5) is 0 Å². The summed E-state index contributed by atoms with van der Waals surface area (Å²) in [7, 11) is -3.51. The average Bonchev–Trinajstić information content (AvgIpc) is 3.10. The highest BCUT2D eigenvalue weighted by Crippen LogP contribution is 2.20. The lowest BCUT2D eigenvalue weighted by atomic mass is 10.2. The molecule has 0 atom stereocenters. The molecule has 10 heteroatoms. The molecule has 0 radical (unpaired) electrons. The topological polar surface area (TPSA) is 94.8 Å². The average molecular weight is 507 g/mol. The number of hydrogen-bond donors (Lipinski definition) is 0. The number of amides is 1. The fourth-order valence-electron chi connectivity index (χ4n) is 3.14. The molecule has 0 spiro atoms. The maximum absolute atomic E-state index is 12.5. The van der Waals surface area contributed by atoms with Crippen molar-refractivity contribution in [1.29, 1.82) is 0 Å². The summed E-state index contributed by atoms with van der Waals surface area (Å²) in [6.45, 7) is 6.20. The van der Waals surface area contributed by atoms with E-state index in [1.54, 1.807) is 31.2 Å². The molecule has 3 rings (SSSR count). The number of aromatic nitrogens is 1. The van der Waals surface area contributed by atoms with Crippen LogP contribution in [0.5, 0.6) is 0 Å². The number of sulfone groups is 1. The van der Waals surface area contributed by atoms with Gasteiger partial charge in [0.1, 0.15) is 0 Å². The lowest BCUT2D eigenvalue weighted by Gasteiger charge is -2.04. The fraction of sp³-hybridized carbons (Fsp3) is 0.261. The van der Waals surface area contributed by atoms with Crippen LogP contribution >= 0.6 is 22.9 Å². The number of carbonyl (C=O) groups is 2. The Morgan fingerprint density at radius 1 is 1.21 bits per heavy atom. The van der Waals surface area contributed by atoms with Gasteiger partial charge in [0.15, 0.2) is 14.6 Å². The third kappa shape index (κ3) is 6.19. The van der Waals surface area contributed by atoms with E-state index in [1.165, 1.54) is 35.6 Å². The molecule has 2 aromatic carbocycles. The molecular formula is C23H23ClN2O5S2. The van der Waals surface area contributed by atoms with E-state index in [2.05, 4.69) is 11.6 Å². The molecule has 0 saturated carbocycles. The van der Waals surface area contributed by atoms with Crippen molar-refractivity contribution in [3.05, 3.63) is 70.5 Å². The number of allylic oxidation sites excluding steroid dienone is 1. The Morgan fingerprint density at radius 2 is 1.94 bits per heavy atom. The van der Waals surface area contributed by atoms with Crippen LogP contribution in [-0.4, -0.2) is 37.2 Å². The second-order valence-electron chi connectivity index (χ2n) is 7.07. The SMILES string of the molecule is C=CCn1c(=NC(=O)CCCS(=O)(=O)c2ccc(Cl)cc2)sc2cc(C(=O)OCC)ccc21. The molecule has 0 aliphatic rings. The van der Waals surface area contributed by atoms with Crippen LogP contribution in [0.3, 0.4) is 0 Å². The van der Waals surface area contributed by atoms with Crippen molar-refractivity contribution in [2.75, 3.05) is 12.4 Å². The Balaban J connectivity index is 1.78. The van der Waals surface area contributed by atoms with Crippen LogP contribution in [0.2, 0.25) is 5.02 Å². The van der Waals surface area contributed by atoms with Gasteiger partial charge >= 0.3 is 5.97 Å². The number of halogens is 1. The molecule has 33 heavy (non-hydrogen) atoms. The Bertz CT molecular complexity index is 1360. The molecule has 0 unspecified atom stereocenters. The van der Waals surface area contributed by atoms with Crippen LogP contribution in [-0.2, 0) is 25.9 Å². The first-order valence-electron chi connectivity index (χ1n) is 10.2. The Hall–Kier alpha value is -2.75. The van der Waals surface area contributed by atoms with E-state index in [1.807, 2.05) is 4.57 Å². The molecule has 0 aliphatic carbocycles. The van der Waals surface area contributed by atoms with Crippen molar-refractivity contribution in [2.24, 2.45) is 4.99 Å². The maximum atomic E-state index is 12.5. The van der Waals surface area contributed by atoms with Gasteiger partial charge in [-0.05, 0) is 55.8 Å². The minimum atomic E-state index is -3.51. The quantitative estimate of drug-likeness (QED) is 0.316. The van der Waals surface area contributed by atoms with Gasteiger partial charge in [0.05, 0.1) is 33.0 Å². The first kappa shape index (κ1) is 24.9. The van der Waals surface area contributed by atoms with Gasteiger partial charge in [-0.1, -0.05) is 29.0 Å². The number of hydrogen-bond acceptors (Lipinski definition) is 6. The third-order valence-corrected chi connectivity index (χ3v) is 7.81. The first-order valence-corrected chi connectivity index (χ1v) is 13.1. The highest BCUT2D eigenvalue weighted by atomic mass is 35.5. The summed E-state index contributed by atoms with van der Waals surface area (Å²) in [4.78, 5) is 29.3. The predicted molar refractivity (Wildman–Crippen MR) is 129 cm³/mol. The molecular weight excluding hydrogens is 484 g/mol. The molecule has 174 valence electrons. The highest BCUT2D eigenvalue weighted by Gasteiger charge is 2.16. The van der Waals surface area contributed by atoms with Crippen LogP contribution in [0.15, 0.2) is 65.0 Å². The summed E-state index contributed by atoms with van der Waals surface area (Å²) in [6, 6.07) is 11.1. The van der Waals surface area contributed by atoms with Crippen molar-refractivity contribution < 1.29 is 22.7 Å². The smallest absolute Gasteiger partial charge is 0.338 e. The molecule has 1 aromatic heterocycles. The molecule has 0 aliphatic heterocycles. The van der Waals surface area contributed by atoms with Gasteiger partial charge in [-0.25, -0.2) is 13.2 Å². The minimum Gasteiger partial charge on any atom is -0.462 e. The maximum Gasteiger partial charge on any atom is 0.338 e. The lowest BCUT2D eigenvalue weighted by molar-refractivity contribution is -0.118. The summed E-state index contributed by atoms with van der Waals surface area (Å²) in [5.41, 5.74) is 1.23. The summed E-state index contributed by atoms with van der Waals surface area (Å²) in [5, 5.41) is 0.452. The zero-order chi connectivity index (χ0) is 24.0. The van der Waals surface area contributed by atoms with Gasteiger partial charge in [-0.3, -0.25) is 4.79 Å². The second-order valence-corrected chi connectivity index (χ2v) is 10.6. The summed E-state index contributed by atoms with van der Waals surface area (Å²) in [5.74, 6) is -1.01. The largest absolute Gasteiger partial charge is 0.462 e. The number of esters is 1. The third-order valence-electron chi connectivity index (χ3n) is 4.70. The van der Waals surface area contributed by atoms with Crippen molar-refractivity contribution in [3.8, 4) is 0 Å². The number of fused-ring (bicyclic) bond motifs is 1. The second kappa shape index (κ2) is 10.9. The summed E-state index contributed by atoms with van der Waals surface area (Å²) >= 11 is 7.07. The van der Waals surface area contributed by atoms with Crippen LogP contribution < -0.4 is 4.80 Å². The number of thiazole rings is 1. The van der Waals surface area contributed by atoms with Gasteiger partial charge in [0, 0.05) is 18.0 Å². The van der Waals surface area contributed by atoms with Crippen molar-refractivity contribution in [3.63, 3.8) is 0 Å². The zero-order valence-electron chi connectivity index (χ0n) is 18.0. The molecule has 3 aromatic rings. The van der Waals surface area contributed by atoms with E-state index in [-0.39, 0.29) is 30.1 Å². The van der Waals surface area contributed by atoms with Crippen LogP contribution in [0.1, 0.15) is 30.1 Å². The Labute approximate surface area is 200 Å². The fourth-order valence-corrected chi connectivity index (χ4v) is 5.67. The highest BCUT2D eigenvalue weighted by molar-refractivity contribution is 7.91. The normalized spacial score (nSPS) is 12.1. The van der Waals surface area contributed by atoms with Crippen molar-refractivity contribution >= 4 is 54.9 Å². The van der Waals surface area contributed by atoms with Gasteiger partial charge in [0.25, 0.3) is 0 Å². The Morgan fingerprint density at radius 3 is 2.61 bits per heavy atom. The number of rotatable bonds is 9. The van der Waals surface area contributed by atoms with E-state index < -0.39 is 21.7 Å². The number of ether oxygens (including phenoxy) is 1. The summed E-state index contributed by atoms with van der Waals surface area (Å²) in [6.07, 6.45) is 1.82.